The van der Waals surface area contributed by atoms with Gasteiger partial charge in [0.1, 0.15) is 0 Å². The lowest BCUT2D eigenvalue weighted by molar-refractivity contribution is 0.616. The van der Waals surface area contributed by atoms with Crippen LogP contribution in [0.1, 0.15) is 26.2 Å². The van der Waals surface area contributed by atoms with Crippen molar-refractivity contribution in [2.45, 2.75) is 32.2 Å². The van der Waals surface area contributed by atoms with Gasteiger partial charge >= 0.3 is 0 Å². The van der Waals surface area contributed by atoms with E-state index in [1.54, 1.807) is 0 Å². The lowest BCUT2D eigenvalue weighted by Gasteiger charge is -2.19. The van der Waals surface area contributed by atoms with Crippen LogP contribution in [0.2, 0.25) is 0 Å². The molecule has 1 saturated carbocycles. The van der Waals surface area contributed by atoms with Crippen LogP contribution in [0.25, 0.3) is 0 Å². The monoisotopic (exact) mass is 218 g/mol. The Kier molecular flexibility index (Phi) is 3.37. The molecule has 0 aromatic heterocycles. The maximum Gasteiger partial charge on any atom is 0.0381 e. The highest BCUT2D eigenvalue weighted by Gasteiger charge is 2.29. The van der Waals surface area contributed by atoms with Crippen LogP contribution in [0.4, 0.5) is 11.4 Å². The molecule has 1 aliphatic carbocycles. The molecule has 1 aromatic rings. The fraction of sp³-hybridized carbons (Fsp3) is 0.571. The van der Waals surface area contributed by atoms with Crippen molar-refractivity contribution in [2.24, 2.45) is 5.92 Å². The Morgan fingerprint density at radius 2 is 2.12 bits per heavy atom. The van der Waals surface area contributed by atoms with Crippen LogP contribution < -0.4 is 10.2 Å². The second kappa shape index (κ2) is 4.77. The topological polar surface area (TPSA) is 15.3 Å². The first-order valence-corrected chi connectivity index (χ1v) is 6.24. The summed E-state index contributed by atoms with van der Waals surface area (Å²) >= 11 is 0. The van der Waals surface area contributed by atoms with Crippen LogP contribution in [0, 0.1) is 5.92 Å². The molecule has 1 aliphatic rings. The van der Waals surface area contributed by atoms with Gasteiger partial charge in [-0.15, -0.1) is 0 Å². The van der Waals surface area contributed by atoms with E-state index in [2.05, 4.69) is 55.5 Å². The van der Waals surface area contributed by atoms with E-state index in [1.165, 1.54) is 30.6 Å². The van der Waals surface area contributed by atoms with Gasteiger partial charge in [-0.05, 0) is 43.4 Å². The third kappa shape index (κ3) is 2.69. The van der Waals surface area contributed by atoms with Crippen LogP contribution in [0.3, 0.4) is 0 Å². The molecule has 0 amide bonds. The Morgan fingerprint density at radius 1 is 1.38 bits per heavy atom. The van der Waals surface area contributed by atoms with Crippen LogP contribution in [-0.4, -0.2) is 20.1 Å². The minimum Gasteiger partial charge on any atom is -0.382 e. The predicted molar refractivity (Wildman–Crippen MR) is 71.2 cm³/mol. The summed E-state index contributed by atoms with van der Waals surface area (Å²) in [7, 11) is 4.16. The lowest BCUT2D eigenvalue weighted by atomic mass is 10.1. The van der Waals surface area contributed by atoms with Crippen molar-refractivity contribution in [3.63, 3.8) is 0 Å². The van der Waals surface area contributed by atoms with E-state index < -0.39 is 0 Å². The average Bonchev–Trinajstić information content (AvgIpc) is 3.10. The molecular formula is C14H22N2. The smallest absolute Gasteiger partial charge is 0.0381 e. The van der Waals surface area contributed by atoms with Gasteiger partial charge in [0.15, 0.2) is 0 Å². The van der Waals surface area contributed by atoms with E-state index in [4.69, 9.17) is 0 Å². The van der Waals surface area contributed by atoms with E-state index >= 15 is 0 Å². The van der Waals surface area contributed by atoms with Crippen LogP contribution in [0.15, 0.2) is 24.3 Å². The van der Waals surface area contributed by atoms with Crippen LogP contribution in [0.5, 0.6) is 0 Å². The highest BCUT2D eigenvalue weighted by molar-refractivity contribution is 5.57. The minimum atomic E-state index is 0.664. The van der Waals surface area contributed by atoms with Gasteiger partial charge < -0.3 is 10.2 Å². The van der Waals surface area contributed by atoms with Crippen molar-refractivity contribution in [1.82, 2.24) is 0 Å². The van der Waals surface area contributed by atoms with Gasteiger partial charge in [0.2, 0.25) is 0 Å². The standard InChI is InChI=1S/C14H22N2/c1-4-14(11-8-9-11)15-12-6-5-7-13(10-12)16(2)3/h5-7,10-11,14-15H,4,8-9H2,1-3H3. The number of rotatable bonds is 5. The molecule has 1 fully saturated rings. The van der Waals surface area contributed by atoms with E-state index in [9.17, 15) is 0 Å². The van der Waals surface area contributed by atoms with Crippen molar-refractivity contribution in [1.29, 1.82) is 0 Å². The van der Waals surface area contributed by atoms with Crippen molar-refractivity contribution < 1.29 is 0 Å². The van der Waals surface area contributed by atoms with Crippen LogP contribution in [-0.2, 0) is 0 Å². The first kappa shape index (κ1) is 11.3. The maximum absolute atomic E-state index is 3.66. The van der Waals surface area contributed by atoms with E-state index in [0.717, 1.165) is 5.92 Å². The molecule has 2 rings (SSSR count). The van der Waals surface area contributed by atoms with E-state index in [-0.39, 0.29) is 0 Å². The maximum atomic E-state index is 3.66. The van der Waals surface area contributed by atoms with Crippen molar-refractivity contribution in [3.05, 3.63) is 24.3 Å². The summed E-state index contributed by atoms with van der Waals surface area (Å²) in [6, 6.07) is 9.32. The van der Waals surface area contributed by atoms with Gasteiger partial charge in [-0.2, -0.15) is 0 Å². The molecule has 0 radical (unpaired) electrons. The summed E-state index contributed by atoms with van der Waals surface area (Å²) in [6.07, 6.45) is 4.02. The molecule has 1 unspecified atom stereocenters. The predicted octanol–water partition coefficient (Wildman–Crippen LogP) is 3.35. The lowest BCUT2D eigenvalue weighted by Crippen LogP contribution is -2.20. The number of anilines is 2. The molecule has 0 bridgehead atoms. The number of nitrogens with zero attached hydrogens (tertiary/aromatic N) is 1. The van der Waals surface area contributed by atoms with Gasteiger partial charge in [-0.3, -0.25) is 0 Å². The van der Waals surface area contributed by atoms with Crippen LogP contribution >= 0.6 is 0 Å². The fourth-order valence-electron chi connectivity index (χ4n) is 2.14. The molecule has 0 spiro atoms. The molecule has 0 heterocycles. The molecule has 0 saturated heterocycles. The summed E-state index contributed by atoms with van der Waals surface area (Å²) in [5.41, 5.74) is 2.51. The highest BCUT2D eigenvalue weighted by Crippen LogP contribution is 2.35. The van der Waals surface area contributed by atoms with Crippen molar-refractivity contribution in [3.8, 4) is 0 Å². The number of nitrogens with one attached hydrogen (secondary N) is 1. The molecular weight excluding hydrogens is 196 g/mol. The SMILES string of the molecule is CCC(Nc1cccc(N(C)C)c1)C1CC1. The Bertz CT molecular complexity index is 342. The summed E-state index contributed by atoms with van der Waals surface area (Å²) in [5.74, 6) is 0.910. The van der Waals surface area contributed by atoms with Gasteiger partial charge in [-0.25, -0.2) is 0 Å². The Balaban J connectivity index is 2.05. The van der Waals surface area contributed by atoms with Gasteiger partial charge in [0, 0.05) is 31.5 Å². The summed E-state index contributed by atoms with van der Waals surface area (Å²) in [5, 5.41) is 3.66. The van der Waals surface area contributed by atoms with E-state index in [1.807, 2.05) is 0 Å². The summed E-state index contributed by atoms with van der Waals surface area (Å²) < 4.78 is 0. The average molecular weight is 218 g/mol. The Morgan fingerprint density at radius 3 is 2.69 bits per heavy atom. The second-order valence-corrected chi connectivity index (χ2v) is 4.94. The Hall–Kier alpha value is -1.18. The summed E-state index contributed by atoms with van der Waals surface area (Å²) in [4.78, 5) is 2.14. The van der Waals surface area contributed by atoms with Crippen molar-refractivity contribution in [2.75, 3.05) is 24.3 Å². The van der Waals surface area contributed by atoms with Crippen molar-refractivity contribution >= 4 is 11.4 Å². The fourth-order valence-corrected chi connectivity index (χ4v) is 2.14. The molecule has 88 valence electrons. The first-order valence-electron chi connectivity index (χ1n) is 6.24. The normalized spacial score (nSPS) is 16.9. The number of benzene rings is 1. The zero-order valence-corrected chi connectivity index (χ0v) is 10.5. The molecule has 2 nitrogen and oxygen atoms in total. The molecule has 1 aromatic carbocycles. The highest BCUT2D eigenvalue weighted by atomic mass is 15.1. The summed E-state index contributed by atoms with van der Waals surface area (Å²) in [6.45, 7) is 2.27. The molecule has 16 heavy (non-hydrogen) atoms. The third-order valence-corrected chi connectivity index (χ3v) is 3.35. The molecule has 2 heteroatoms. The zero-order valence-electron chi connectivity index (χ0n) is 10.5. The quantitative estimate of drug-likeness (QED) is 0.815. The minimum absolute atomic E-state index is 0.664. The van der Waals surface area contributed by atoms with Gasteiger partial charge in [-0.1, -0.05) is 13.0 Å². The number of hydrogen-bond donors (Lipinski definition) is 1. The molecule has 0 aliphatic heterocycles. The molecule has 1 atom stereocenters. The zero-order chi connectivity index (χ0) is 11.5. The Labute approximate surface area is 98.7 Å². The number of hydrogen-bond acceptors (Lipinski definition) is 2. The van der Waals surface area contributed by atoms with E-state index in [0.29, 0.717) is 6.04 Å². The second-order valence-electron chi connectivity index (χ2n) is 4.94. The largest absolute Gasteiger partial charge is 0.382 e. The van der Waals surface area contributed by atoms with Gasteiger partial charge in [0.05, 0.1) is 0 Å². The molecule has 1 N–H and O–H groups in total. The van der Waals surface area contributed by atoms with Gasteiger partial charge in [0.25, 0.3) is 0 Å². The first-order chi connectivity index (χ1) is 7.70. The third-order valence-electron chi connectivity index (χ3n) is 3.35.